The molecule has 0 spiro atoms. The predicted octanol–water partition coefficient (Wildman–Crippen LogP) is 0.0758. The zero-order valence-corrected chi connectivity index (χ0v) is 13.8. The number of carbonyl (C=O) groups excluding carboxylic acids is 2. The number of rotatable bonds is 5. The molecule has 7 heteroatoms. The van der Waals surface area contributed by atoms with E-state index in [0.29, 0.717) is 44.0 Å². The average Bonchev–Trinajstić information content (AvgIpc) is 3.16. The number of quaternary nitrogens is 1. The fraction of sp³-hybridized carbons (Fsp3) is 0.333. The largest absolute Gasteiger partial charge is 0.459 e. The van der Waals surface area contributed by atoms with Crippen LogP contribution in [0.3, 0.4) is 0 Å². The van der Waals surface area contributed by atoms with Crippen molar-refractivity contribution in [1.82, 2.24) is 10.2 Å². The van der Waals surface area contributed by atoms with Gasteiger partial charge in [-0.25, -0.2) is 4.39 Å². The SMILES string of the molecule is O=C(C[NH+]1CCN(C(=O)c2ccco2)CC1)NCc1ccccc1F. The lowest BCUT2D eigenvalue weighted by Gasteiger charge is -2.31. The number of piperazine rings is 1. The molecular weight excluding hydrogens is 325 g/mol. The smallest absolute Gasteiger partial charge is 0.289 e. The van der Waals surface area contributed by atoms with E-state index < -0.39 is 0 Å². The summed E-state index contributed by atoms with van der Waals surface area (Å²) in [5.41, 5.74) is 0.472. The van der Waals surface area contributed by atoms with Crippen LogP contribution in [-0.4, -0.2) is 49.4 Å². The third-order valence-electron chi connectivity index (χ3n) is 4.33. The number of furan rings is 1. The van der Waals surface area contributed by atoms with Gasteiger partial charge in [-0.2, -0.15) is 0 Å². The van der Waals surface area contributed by atoms with E-state index in [-0.39, 0.29) is 24.2 Å². The van der Waals surface area contributed by atoms with Gasteiger partial charge in [-0.3, -0.25) is 9.59 Å². The van der Waals surface area contributed by atoms with Crippen LogP contribution in [0.2, 0.25) is 0 Å². The zero-order valence-electron chi connectivity index (χ0n) is 13.8. The summed E-state index contributed by atoms with van der Waals surface area (Å²) in [6.45, 7) is 3.04. The van der Waals surface area contributed by atoms with Gasteiger partial charge in [-0.1, -0.05) is 18.2 Å². The summed E-state index contributed by atoms with van der Waals surface area (Å²) in [6.07, 6.45) is 1.48. The van der Waals surface area contributed by atoms with Crippen LogP contribution in [0.25, 0.3) is 0 Å². The monoisotopic (exact) mass is 346 g/mol. The van der Waals surface area contributed by atoms with Crippen molar-refractivity contribution in [3.05, 3.63) is 59.8 Å². The molecular formula is C18H21FN3O3+. The number of amides is 2. The minimum atomic E-state index is -0.319. The highest BCUT2D eigenvalue weighted by atomic mass is 19.1. The quantitative estimate of drug-likeness (QED) is 0.806. The molecule has 1 aromatic carbocycles. The molecule has 2 heterocycles. The molecule has 0 aliphatic carbocycles. The molecule has 1 aliphatic rings. The Balaban J connectivity index is 1.42. The number of hydrogen-bond acceptors (Lipinski definition) is 3. The van der Waals surface area contributed by atoms with Gasteiger partial charge in [0, 0.05) is 12.1 Å². The maximum atomic E-state index is 13.5. The van der Waals surface area contributed by atoms with E-state index in [2.05, 4.69) is 5.32 Å². The Morgan fingerprint density at radius 1 is 1.16 bits per heavy atom. The van der Waals surface area contributed by atoms with Gasteiger partial charge in [0.15, 0.2) is 12.3 Å². The summed E-state index contributed by atoms with van der Waals surface area (Å²) in [7, 11) is 0. The molecule has 25 heavy (non-hydrogen) atoms. The van der Waals surface area contributed by atoms with Crippen molar-refractivity contribution in [3.63, 3.8) is 0 Å². The summed E-state index contributed by atoms with van der Waals surface area (Å²) in [4.78, 5) is 27.1. The molecule has 1 aromatic heterocycles. The summed E-state index contributed by atoms with van der Waals surface area (Å²) < 4.78 is 18.7. The van der Waals surface area contributed by atoms with Gasteiger partial charge in [0.2, 0.25) is 0 Å². The molecule has 0 radical (unpaired) electrons. The molecule has 1 saturated heterocycles. The fourth-order valence-electron chi connectivity index (χ4n) is 2.88. The third-order valence-corrected chi connectivity index (χ3v) is 4.33. The minimum Gasteiger partial charge on any atom is -0.459 e. The Kier molecular flexibility index (Phi) is 5.45. The zero-order chi connectivity index (χ0) is 17.6. The number of carbonyl (C=O) groups is 2. The Hall–Kier alpha value is -2.67. The summed E-state index contributed by atoms with van der Waals surface area (Å²) in [5.74, 6) is -0.219. The van der Waals surface area contributed by atoms with Gasteiger partial charge < -0.3 is 19.5 Å². The lowest BCUT2D eigenvalue weighted by Crippen LogP contribution is -3.15. The first-order chi connectivity index (χ1) is 12.1. The number of nitrogens with zero attached hydrogens (tertiary/aromatic N) is 1. The first-order valence-corrected chi connectivity index (χ1v) is 8.30. The van der Waals surface area contributed by atoms with Crippen molar-refractivity contribution in [3.8, 4) is 0 Å². The normalized spacial score (nSPS) is 15.2. The van der Waals surface area contributed by atoms with E-state index in [0.717, 1.165) is 4.90 Å². The van der Waals surface area contributed by atoms with Crippen LogP contribution in [-0.2, 0) is 11.3 Å². The van der Waals surface area contributed by atoms with Crippen LogP contribution in [0.1, 0.15) is 16.1 Å². The maximum absolute atomic E-state index is 13.5. The molecule has 1 fully saturated rings. The predicted molar refractivity (Wildman–Crippen MR) is 88.4 cm³/mol. The second-order valence-electron chi connectivity index (χ2n) is 6.06. The van der Waals surface area contributed by atoms with Gasteiger partial charge in [0.05, 0.1) is 32.4 Å². The maximum Gasteiger partial charge on any atom is 0.289 e. The highest BCUT2D eigenvalue weighted by Crippen LogP contribution is 2.06. The van der Waals surface area contributed by atoms with Gasteiger partial charge >= 0.3 is 0 Å². The van der Waals surface area contributed by atoms with E-state index in [9.17, 15) is 14.0 Å². The van der Waals surface area contributed by atoms with Crippen LogP contribution in [0.5, 0.6) is 0 Å². The van der Waals surface area contributed by atoms with Crippen LogP contribution in [0.15, 0.2) is 47.1 Å². The number of nitrogens with one attached hydrogen (secondary N) is 2. The Morgan fingerprint density at radius 3 is 2.60 bits per heavy atom. The van der Waals surface area contributed by atoms with Crippen molar-refractivity contribution in [2.45, 2.75) is 6.54 Å². The first-order valence-electron chi connectivity index (χ1n) is 8.30. The van der Waals surface area contributed by atoms with E-state index >= 15 is 0 Å². The second kappa shape index (κ2) is 7.94. The van der Waals surface area contributed by atoms with Crippen molar-refractivity contribution in [2.24, 2.45) is 0 Å². The topological polar surface area (TPSA) is 67.0 Å². The summed E-state index contributed by atoms with van der Waals surface area (Å²) in [6, 6.07) is 9.73. The summed E-state index contributed by atoms with van der Waals surface area (Å²) >= 11 is 0. The Bertz CT molecular complexity index is 725. The lowest BCUT2D eigenvalue weighted by molar-refractivity contribution is -0.896. The highest BCUT2D eigenvalue weighted by molar-refractivity contribution is 5.91. The van der Waals surface area contributed by atoms with Crippen molar-refractivity contribution < 1.29 is 23.3 Å². The molecule has 0 saturated carbocycles. The lowest BCUT2D eigenvalue weighted by atomic mass is 10.2. The molecule has 132 valence electrons. The third kappa shape index (κ3) is 4.45. The van der Waals surface area contributed by atoms with E-state index in [1.165, 1.54) is 12.3 Å². The Labute approximate surface area is 145 Å². The van der Waals surface area contributed by atoms with Crippen LogP contribution < -0.4 is 10.2 Å². The second-order valence-corrected chi connectivity index (χ2v) is 6.06. The number of halogens is 1. The van der Waals surface area contributed by atoms with Gasteiger partial charge in [0.1, 0.15) is 5.82 Å². The standard InChI is InChI=1S/C18H20FN3O3/c19-15-5-2-1-4-14(15)12-20-17(23)13-21-7-9-22(10-8-21)18(24)16-6-3-11-25-16/h1-6,11H,7-10,12-13H2,(H,20,23)/p+1. The van der Waals surface area contributed by atoms with E-state index in [1.807, 2.05) is 0 Å². The molecule has 2 aromatic rings. The van der Waals surface area contributed by atoms with Crippen molar-refractivity contribution in [1.29, 1.82) is 0 Å². The number of benzene rings is 1. The molecule has 0 unspecified atom stereocenters. The minimum absolute atomic E-state index is 0.118. The highest BCUT2D eigenvalue weighted by Gasteiger charge is 2.26. The molecule has 3 rings (SSSR count). The Morgan fingerprint density at radius 2 is 1.92 bits per heavy atom. The van der Waals surface area contributed by atoms with E-state index in [4.69, 9.17) is 4.42 Å². The molecule has 1 aliphatic heterocycles. The molecule has 6 nitrogen and oxygen atoms in total. The van der Waals surface area contributed by atoms with Gasteiger partial charge in [-0.05, 0) is 18.2 Å². The fourth-order valence-corrected chi connectivity index (χ4v) is 2.88. The first kappa shape index (κ1) is 17.2. The molecule has 2 N–H and O–H groups in total. The van der Waals surface area contributed by atoms with Gasteiger partial charge in [-0.15, -0.1) is 0 Å². The van der Waals surface area contributed by atoms with Crippen LogP contribution >= 0.6 is 0 Å². The van der Waals surface area contributed by atoms with Crippen LogP contribution in [0.4, 0.5) is 4.39 Å². The van der Waals surface area contributed by atoms with E-state index in [1.54, 1.807) is 35.2 Å². The average molecular weight is 346 g/mol. The number of hydrogen-bond donors (Lipinski definition) is 2. The molecule has 0 atom stereocenters. The molecule has 0 bridgehead atoms. The van der Waals surface area contributed by atoms with Crippen molar-refractivity contribution >= 4 is 11.8 Å². The van der Waals surface area contributed by atoms with Crippen LogP contribution in [0, 0.1) is 5.82 Å². The van der Waals surface area contributed by atoms with Gasteiger partial charge in [0.25, 0.3) is 11.8 Å². The summed E-state index contributed by atoms with van der Waals surface area (Å²) in [5, 5.41) is 2.75. The molecule has 2 amide bonds. The van der Waals surface area contributed by atoms with Crippen molar-refractivity contribution in [2.75, 3.05) is 32.7 Å².